The summed E-state index contributed by atoms with van der Waals surface area (Å²) in [6, 6.07) is 0. The molecule has 1 atom stereocenters. The van der Waals surface area contributed by atoms with Crippen LogP contribution in [0.5, 0.6) is 0 Å². The van der Waals surface area contributed by atoms with Crippen LogP contribution in [0.2, 0.25) is 5.02 Å². The fourth-order valence-corrected chi connectivity index (χ4v) is 1.43. The van der Waals surface area contributed by atoms with E-state index in [1.807, 2.05) is 24.6 Å². The van der Waals surface area contributed by atoms with Gasteiger partial charge in [0.15, 0.2) is 6.23 Å². The summed E-state index contributed by atoms with van der Waals surface area (Å²) in [6.45, 7) is 6.03. The van der Waals surface area contributed by atoms with E-state index in [2.05, 4.69) is 0 Å². The van der Waals surface area contributed by atoms with Crippen molar-refractivity contribution in [2.75, 3.05) is 0 Å². The molecule has 1 aromatic heterocycles. The van der Waals surface area contributed by atoms with Crippen LogP contribution >= 0.6 is 11.6 Å². The van der Waals surface area contributed by atoms with Crippen LogP contribution in [0, 0.1) is 13.8 Å². The van der Waals surface area contributed by atoms with Gasteiger partial charge in [-0.3, -0.25) is 4.79 Å². The Morgan fingerprint density at radius 1 is 1.62 bits per heavy atom. The van der Waals surface area contributed by atoms with Crippen molar-refractivity contribution in [3.63, 3.8) is 0 Å². The van der Waals surface area contributed by atoms with Crippen LogP contribution in [-0.4, -0.2) is 11.0 Å². The molecule has 0 radical (unpaired) electrons. The molecular weight excluding hydrogens is 190 g/mol. The van der Waals surface area contributed by atoms with Crippen molar-refractivity contribution in [2.45, 2.75) is 27.0 Å². The average molecular weight is 202 g/mol. The molecular formula is C9H12ClNO2. The Morgan fingerprint density at radius 2 is 2.23 bits per heavy atom. The standard InChI is InChI=1S/C9H12ClNO2/c1-6-4-11(7(2)9(6)10)8(3)13-5-12/h4-5,8H,1-3H3. The smallest absolute Gasteiger partial charge is 0.295 e. The van der Waals surface area contributed by atoms with Crippen LogP contribution < -0.4 is 0 Å². The third-order valence-electron chi connectivity index (χ3n) is 2.03. The first-order chi connectivity index (χ1) is 6.07. The number of ether oxygens (including phenoxy) is 1. The first-order valence-corrected chi connectivity index (χ1v) is 4.38. The van der Waals surface area contributed by atoms with Gasteiger partial charge < -0.3 is 9.30 Å². The zero-order valence-corrected chi connectivity index (χ0v) is 8.63. The van der Waals surface area contributed by atoms with E-state index in [4.69, 9.17) is 16.3 Å². The van der Waals surface area contributed by atoms with Crippen LogP contribution in [0.4, 0.5) is 0 Å². The number of halogens is 1. The van der Waals surface area contributed by atoms with Crippen LogP contribution in [0.3, 0.4) is 0 Å². The highest BCUT2D eigenvalue weighted by Gasteiger charge is 2.12. The fraction of sp³-hybridized carbons (Fsp3) is 0.444. The van der Waals surface area contributed by atoms with Crippen molar-refractivity contribution >= 4 is 18.1 Å². The lowest BCUT2D eigenvalue weighted by Gasteiger charge is -2.13. The minimum Gasteiger partial charge on any atom is -0.444 e. The number of aryl methyl sites for hydroxylation is 1. The Morgan fingerprint density at radius 3 is 2.62 bits per heavy atom. The highest BCUT2D eigenvalue weighted by atomic mass is 35.5. The number of hydrogen-bond acceptors (Lipinski definition) is 2. The van der Waals surface area contributed by atoms with Gasteiger partial charge >= 0.3 is 0 Å². The summed E-state index contributed by atoms with van der Waals surface area (Å²) in [4.78, 5) is 10.1. The molecule has 1 rings (SSSR count). The minimum atomic E-state index is -0.302. The Bertz CT molecular complexity index is 320. The van der Waals surface area contributed by atoms with E-state index >= 15 is 0 Å². The zero-order chi connectivity index (χ0) is 10.0. The second kappa shape index (κ2) is 3.83. The van der Waals surface area contributed by atoms with E-state index in [9.17, 15) is 4.79 Å². The SMILES string of the molecule is Cc1cn(C(C)OC=O)c(C)c1Cl. The highest BCUT2D eigenvalue weighted by Crippen LogP contribution is 2.24. The van der Waals surface area contributed by atoms with Gasteiger partial charge in [-0.15, -0.1) is 0 Å². The second-order valence-electron chi connectivity index (χ2n) is 2.95. The quantitative estimate of drug-likeness (QED) is 0.704. The van der Waals surface area contributed by atoms with Crippen molar-refractivity contribution in [1.29, 1.82) is 0 Å². The average Bonchev–Trinajstić information content (AvgIpc) is 2.33. The molecule has 1 aromatic rings. The Kier molecular flexibility index (Phi) is 2.98. The normalized spacial score (nSPS) is 12.6. The monoisotopic (exact) mass is 201 g/mol. The summed E-state index contributed by atoms with van der Waals surface area (Å²) < 4.78 is 6.63. The molecule has 0 aliphatic heterocycles. The number of aromatic nitrogens is 1. The number of hydrogen-bond donors (Lipinski definition) is 0. The summed E-state index contributed by atoms with van der Waals surface area (Å²) in [5, 5.41) is 0.723. The van der Waals surface area contributed by atoms with Crippen LogP contribution in [0.25, 0.3) is 0 Å². The molecule has 0 bridgehead atoms. The second-order valence-corrected chi connectivity index (χ2v) is 3.33. The maximum absolute atomic E-state index is 10.1. The topological polar surface area (TPSA) is 31.2 Å². The van der Waals surface area contributed by atoms with Crippen molar-refractivity contribution in [3.8, 4) is 0 Å². The third-order valence-corrected chi connectivity index (χ3v) is 2.60. The van der Waals surface area contributed by atoms with Gasteiger partial charge in [0.2, 0.25) is 0 Å². The highest BCUT2D eigenvalue weighted by molar-refractivity contribution is 6.32. The summed E-state index contributed by atoms with van der Waals surface area (Å²) in [5.74, 6) is 0. The van der Waals surface area contributed by atoms with Gasteiger partial charge in [-0.05, 0) is 26.3 Å². The molecule has 72 valence electrons. The van der Waals surface area contributed by atoms with E-state index < -0.39 is 0 Å². The van der Waals surface area contributed by atoms with E-state index in [1.165, 1.54) is 0 Å². The molecule has 3 nitrogen and oxygen atoms in total. The molecule has 0 fully saturated rings. The van der Waals surface area contributed by atoms with Gasteiger partial charge in [-0.1, -0.05) is 11.6 Å². The van der Waals surface area contributed by atoms with Crippen LogP contribution in [0.1, 0.15) is 24.4 Å². The van der Waals surface area contributed by atoms with Gasteiger partial charge in [0.1, 0.15) is 0 Å². The van der Waals surface area contributed by atoms with Gasteiger partial charge in [-0.25, -0.2) is 0 Å². The van der Waals surface area contributed by atoms with E-state index in [-0.39, 0.29) is 6.23 Å². The van der Waals surface area contributed by atoms with Crippen LogP contribution in [0.15, 0.2) is 6.20 Å². The molecule has 1 heterocycles. The summed E-state index contributed by atoms with van der Waals surface area (Å²) >= 11 is 5.98. The number of nitrogens with zero attached hydrogens (tertiary/aromatic N) is 1. The summed E-state index contributed by atoms with van der Waals surface area (Å²) in [5.41, 5.74) is 1.90. The first-order valence-electron chi connectivity index (χ1n) is 4.00. The molecule has 13 heavy (non-hydrogen) atoms. The summed E-state index contributed by atoms with van der Waals surface area (Å²) in [7, 11) is 0. The Hall–Kier alpha value is -0.960. The molecule has 4 heteroatoms. The van der Waals surface area contributed by atoms with Crippen molar-refractivity contribution in [3.05, 3.63) is 22.5 Å². The predicted molar refractivity (Wildman–Crippen MR) is 50.8 cm³/mol. The molecule has 0 saturated heterocycles. The molecule has 0 amide bonds. The van der Waals surface area contributed by atoms with E-state index in [0.717, 1.165) is 16.3 Å². The lowest BCUT2D eigenvalue weighted by atomic mass is 10.3. The predicted octanol–water partition coefficient (Wildman–Crippen LogP) is 2.45. The number of carbonyl (C=O) groups excluding carboxylic acids is 1. The van der Waals surface area contributed by atoms with Gasteiger partial charge in [0.05, 0.1) is 5.02 Å². The molecule has 0 saturated carbocycles. The molecule has 0 aromatic carbocycles. The molecule has 0 N–H and O–H groups in total. The molecule has 0 spiro atoms. The third kappa shape index (κ3) is 1.86. The maximum Gasteiger partial charge on any atom is 0.295 e. The zero-order valence-electron chi connectivity index (χ0n) is 7.87. The minimum absolute atomic E-state index is 0.302. The summed E-state index contributed by atoms with van der Waals surface area (Å²) in [6.07, 6.45) is 1.56. The first kappa shape index (κ1) is 10.1. The lowest BCUT2D eigenvalue weighted by molar-refractivity contribution is -0.136. The van der Waals surface area contributed by atoms with Gasteiger partial charge in [-0.2, -0.15) is 0 Å². The van der Waals surface area contributed by atoms with Crippen molar-refractivity contribution in [1.82, 2.24) is 4.57 Å². The number of carbonyl (C=O) groups is 1. The van der Waals surface area contributed by atoms with Crippen LogP contribution in [-0.2, 0) is 9.53 Å². The maximum atomic E-state index is 10.1. The van der Waals surface area contributed by atoms with Gasteiger partial charge in [0.25, 0.3) is 6.47 Å². The Balaban J connectivity index is 3.00. The number of rotatable bonds is 3. The molecule has 1 unspecified atom stereocenters. The van der Waals surface area contributed by atoms with Crippen molar-refractivity contribution in [2.24, 2.45) is 0 Å². The molecule has 0 aliphatic rings. The lowest BCUT2D eigenvalue weighted by Crippen LogP contribution is -2.08. The fourth-order valence-electron chi connectivity index (χ4n) is 1.28. The Labute approximate surface area is 82.3 Å². The largest absolute Gasteiger partial charge is 0.444 e. The van der Waals surface area contributed by atoms with E-state index in [0.29, 0.717) is 6.47 Å². The molecule has 0 aliphatic carbocycles. The van der Waals surface area contributed by atoms with Gasteiger partial charge in [0, 0.05) is 11.9 Å². The van der Waals surface area contributed by atoms with E-state index in [1.54, 1.807) is 6.92 Å². The van der Waals surface area contributed by atoms with Crippen molar-refractivity contribution < 1.29 is 9.53 Å².